The monoisotopic (exact) mass is 324 g/mol. The second-order valence-corrected chi connectivity index (χ2v) is 8.04. The summed E-state index contributed by atoms with van der Waals surface area (Å²) in [5, 5.41) is 0. The second-order valence-electron chi connectivity index (χ2n) is 5.89. The van der Waals surface area contributed by atoms with Crippen LogP contribution in [0.3, 0.4) is 0 Å². The molecule has 1 heterocycles. The molecule has 0 N–H and O–H groups in total. The zero-order valence-corrected chi connectivity index (χ0v) is 14.3. The van der Waals surface area contributed by atoms with Gasteiger partial charge >= 0.3 is 0 Å². The minimum absolute atomic E-state index is 0.161. The molecule has 0 saturated heterocycles. The molecule has 2 rings (SSSR count). The molecule has 0 aromatic heterocycles. The third-order valence-corrected chi connectivity index (χ3v) is 5.88. The SMILES string of the molecule is CCCCC(=O)N1CCc2ccc(S(=O)(=O)N(C)C)cc2C1. The number of unbranched alkanes of at least 4 members (excludes halogenated alkanes) is 1. The van der Waals surface area contributed by atoms with Crippen LogP contribution in [0.1, 0.15) is 37.3 Å². The predicted molar refractivity (Wildman–Crippen MR) is 86.0 cm³/mol. The minimum atomic E-state index is -3.43. The molecule has 6 heteroatoms. The average molecular weight is 324 g/mol. The molecule has 1 aromatic carbocycles. The van der Waals surface area contributed by atoms with E-state index in [1.165, 1.54) is 18.4 Å². The highest BCUT2D eigenvalue weighted by Crippen LogP contribution is 2.24. The number of fused-ring (bicyclic) bond motifs is 1. The van der Waals surface area contributed by atoms with Gasteiger partial charge in [0.05, 0.1) is 4.90 Å². The van der Waals surface area contributed by atoms with Crippen LogP contribution in [0.4, 0.5) is 0 Å². The minimum Gasteiger partial charge on any atom is -0.338 e. The molecule has 0 saturated carbocycles. The molecule has 0 aliphatic carbocycles. The van der Waals surface area contributed by atoms with E-state index in [2.05, 4.69) is 6.92 Å². The van der Waals surface area contributed by atoms with Gasteiger partial charge in [-0.1, -0.05) is 19.4 Å². The van der Waals surface area contributed by atoms with Crippen molar-refractivity contribution in [2.24, 2.45) is 0 Å². The predicted octanol–water partition coefficient (Wildman–Crippen LogP) is 2.01. The Kier molecular flexibility index (Phi) is 5.24. The molecule has 0 atom stereocenters. The summed E-state index contributed by atoms with van der Waals surface area (Å²) in [6.07, 6.45) is 3.26. The van der Waals surface area contributed by atoms with Crippen molar-refractivity contribution >= 4 is 15.9 Å². The van der Waals surface area contributed by atoms with Gasteiger partial charge in [0.15, 0.2) is 0 Å². The number of hydrogen-bond acceptors (Lipinski definition) is 3. The maximum atomic E-state index is 12.2. The number of amides is 1. The van der Waals surface area contributed by atoms with E-state index in [0.29, 0.717) is 17.9 Å². The van der Waals surface area contributed by atoms with Crippen molar-refractivity contribution in [2.45, 2.75) is 44.0 Å². The summed E-state index contributed by atoms with van der Waals surface area (Å²) in [5.74, 6) is 0.161. The van der Waals surface area contributed by atoms with Crippen LogP contribution in [0.5, 0.6) is 0 Å². The molecule has 0 radical (unpaired) electrons. The number of hydrogen-bond donors (Lipinski definition) is 0. The summed E-state index contributed by atoms with van der Waals surface area (Å²) in [5.41, 5.74) is 2.08. The number of nitrogens with zero attached hydrogens (tertiary/aromatic N) is 2. The van der Waals surface area contributed by atoms with Gasteiger partial charge in [0.1, 0.15) is 0 Å². The fourth-order valence-corrected chi connectivity index (χ4v) is 3.56. The maximum Gasteiger partial charge on any atom is 0.242 e. The normalized spacial score (nSPS) is 15.0. The van der Waals surface area contributed by atoms with E-state index in [4.69, 9.17) is 0 Å². The second kappa shape index (κ2) is 6.79. The van der Waals surface area contributed by atoms with Crippen LogP contribution < -0.4 is 0 Å². The summed E-state index contributed by atoms with van der Waals surface area (Å²) in [4.78, 5) is 14.3. The van der Waals surface area contributed by atoms with Gasteiger partial charge in [-0.3, -0.25) is 4.79 Å². The fraction of sp³-hybridized carbons (Fsp3) is 0.562. The first kappa shape index (κ1) is 17.0. The lowest BCUT2D eigenvalue weighted by Gasteiger charge is -2.29. The van der Waals surface area contributed by atoms with Crippen molar-refractivity contribution in [3.63, 3.8) is 0 Å². The van der Waals surface area contributed by atoms with Crippen molar-refractivity contribution in [1.29, 1.82) is 0 Å². The van der Waals surface area contributed by atoms with E-state index in [9.17, 15) is 13.2 Å². The summed E-state index contributed by atoms with van der Waals surface area (Å²) < 4.78 is 25.6. The molecule has 0 spiro atoms. The molecule has 122 valence electrons. The Labute approximate surface area is 133 Å². The highest BCUT2D eigenvalue weighted by molar-refractivity contribution is 7.89. The largest absolute Gasteiger partial charge is 0.338 e. The van der Waals surface area contributed by atoms with Gasteiger partial charge < -0.3 is 4.90 Å². The van der Waals surface area contributed by atoms with Crippen molar-refractivity contribution in [2.75, 3.05) is 20.6 Å². The maximum absolute atomic E-state index is 12.2. The van der Waals surface area contributed by atoms with Gasteiger partial charge in [-0.2, -0.15) is 0 Å². The molecule has 1 aromatic rings. The van der Waals surface area contributed by atoms with Gasteiger partial charge in [0, 0.05) is 33.6 Å². The van der Waals surface area contributed by atoms with Crippen molar-refractivity contribution < 1.29 is 13.2 Å². The van der Waals surface area contributed by atoms with Crippen molar-refractivity contribution in [1.82, 2.24) is 9.21 Å². The molecule has 1 aliphatic rings. The lowest BCUT2D eigenvalue weighted by Crippen LogP contribution is -2.36. The molecule has 1 amide bonds. The van der Waals surface area contributed by atoms with Crippen molar-refractivity contribution in [3.05, 3.63) is 29.3 Å². The van der Waals surface area contributed by atoms with Crippen LogP contribution in [-0.2, 0) is 27.8 Å². The zero-order valence-electron chi connectivity index (χ0n) is 13.5. The van der Waals surface area contributed by atoms with E-state index >= 15 is 0 Å². The summed E-state index contributed by atoms with van der Waals surface area (Å²) in [6, 6.07) is 5.24. The Morgan fingerprint density at radius 1 is 1.27 bits per heavy atom. The number of rotatable bonds is 5. The van der Waals surface area contributed by atoms with E-state index in [0.717, 1.165) is 36.9 Å². The van der Waals surface area contributed by atoms with Gasteiger partial charge in [0.2, 0.25) is 15.9 Å². The van der Waals surface area contributed by atoms with Gasteiger partial charge in [0.25, 0.3) is 0 Å². The van der Waals surface area contributed by atoms with Gasteiger partial charge in [-0.15, -0.1) is 0 Å². The van der Waals surface area contributed by atoms with Crippen LogP contribution in [0.25, 0.3) is 0 Å². The van der Waals surface area contributed by atoms with Crippen LogP contribution >= 0.6 is 0 Å². The van der Waals surface area contributed by atoms with E-state index < -0.39 is 10.0 Å². The van der Waals surface area contributed by atoms with Crippen LogP contribution in [0, 0.1) is 0 Å². The third kappa shape index (κ3) is 3.50. The Hall–Kier alpha value is -1.40. The molecule has 0 unspecified atom stereocenters. The zero-order chi connectivity index (χ0) is 16.3. The molecule has 5 nitrogen and oxygen atoms in total. The summed E-state index contributed by atoms with van der Waals surface area (Å²) in [7, 11) is -0.386. The molecule has 22 heavy (non-hydrogen) atoms. The quantitative estimate of drug-likeness (QED) is 0.832. The fourth-order valence-electron chi connectivity index (χ4n) is 2.60. The van der Waals surface area contributed by atoms with Gasteiger partial charge in [-0.05, 0) is 36.1 Å². The first-order chi connectivity index (χ1) is 10.4. The number of carbonyl (C=O) groups is 1. The first-order valence-electron chi connectivity index (χ1n) is 7.68. The van der Waals surface area contributed by atoms with Crippen LogP contribution in [0.2, 0.25) is 0 Å². The van der Waals surface area contributed by atoms with Crippen molar-refractivity contribution in [3.8, 4) is 0 Å². The Morgan fingerprint density at radius 3 is 2.64 bits per heavy atom. The topological polar surface area (TPSA) is 57.7 Å². The van der Waals surface area contributed by atoms with Gasteiger partial charge in [-0.25, -0.2) is 12.7 Å². The summed E-state index contributed by atoms with van der Waals surface area (Å²) >= 11 is 0. The smallest absolute Gasteiger partial charge is 0.242 e. The van der Waals surface area contributed by atoms with E-state index in [-0.39, 0.29) is 5.91 Å². The Bertz CT molecular complexity index is 653. The lowest BCUT2D eigenvalue weighted by atomic mass is 9.99. The molecule has 0 bridgehead atoms. The highest BCUT2D eigenvalue weighted by Gasteiger charge is 2.23. The molecular formula is C16H24N2O3S. The number of carbonyl (C=O) groups excluding carboxylic acids is 1. The van der Waals surface area contributed by atoms with E-state index in [1.54, 1.807) is 12.1 Å². The van der Waals surface area contributed by atoms with Crippen LogP contribution in [-0.4, -0.2) is 44.2 Å². The van der Waals surface area contributed by atoms with Crippen LogP contribution in [0.15, 0.2) is 23.1 Å². The third-order valence-electron chi connectivity index (χ3n) is 4.07. The Morgan fingerprint density at radius 2 is 2.00 bits per heavy atom. The first-order valence-corrected chi connectivity index (χ1v) is 9.12. The molecule has 1 aliphatic heterocycles. The standard InChI is InChI=1S/C16H24N2O3S/c1-4-5-6-16(19)18-10-9-13-7-8-15(11-14(13)12-18)22(20,21)17(2)3/h7-8,11H,4-6,9-10,12H2,1-3H3. The molecular weight excluding hydrogens is 300 g/mol. The number of benzene rings is 1. The summed E-state index contributed by atoms with van der Waals surface area (Å²) in [6.45, 7) is 3.29. The average Bonchev–Trinajstić information content (AvgIpc) is 2.51. The Balaban J connectivity index is 2.22. The molecule has 0 fully saturated rings. The highest BCUT2D eigenvalue weighted by atomic mass is 32.2. The van der Waals surface area contributed by atoms with E-state index in [1.807, 2.05) is 11.0 Å². The number of sulfonamides is 1. The lowest BCUT2D eigenvalue weighted by molar-refractivity contribution is -0.132.